The number of carbonyl (C=O) groups excluding carboxylic acids is 1. The summed E-state index contributed by atoms with van der Waals surface area (Å²) in [4.78, 5) is 16.3. The predicted molar refractivity (Wildman–Crippen MR) is 123 cm³/mol. The van der Waals surface area contributed by atoms with E-state index in [9.17, 15) is 22.4 Å². The third-order valence-electron chi connectivity index (χ3n) is 5.67. The van der Waals surface area contributed by atoms with Gasteiger partial charge in [0.25, 0.3) is 0 Å². The van der Waals surface area contributed by atoms with Crippen LogP contribution in [0.15, 0.2) is 60.8 Å². The van der Waals surface area contributed by atoms with Gasteiger partial charge in [-0.15, -0.1) is 0 Å². The van der Waals surface area contributed by atoms with Gasteiger partial charge in [0.1, 0.15) is 17.6 Å². The molecule has 0 spiro atoms. The summed E-state index contributed by atoms with van der Waals surface area (Å²) in [5.41, 5.74) is 1.86. The van der Waals surface area contributed by atoms with Crippen LogP contribution in [0.2, 0.25) is 0 Å². The second-order valence-corrected chi connectivity index (χ2v) is 8.10. The summed E-state index contributed by atoms with van der Waals surface area (Å²) in [5, 5.41) is 15.0. The van der Waals surface area contributed by atoms with E-state index in [0.29, 0.717) is 35.1 Å². The van der Waals surface area contributed by atoms with Crippen LogP contribution in [0, 0.1) is 24.1 Å². The third-order valence-corrected chi connectivity index (χ3v) is 5.67. The van der Waals surface area contributed by atoms with E-state index in [1.165, 1.54) is 25.4 Å². The Labute approximate surface area is 200 Å². The number of nitriles is 1. The number of aryl methyl sites for hydroxylation is 2. The molecule has 1 aromatic heterocycles. The highest BCUT2D eigenvalue weighted by atomic mass is 19.4. The Kier molecular flexibility index (Phi) is 8.20. The van der Waals surface area contributed by atoms with E-state index < -0.39 is 24.0 Å². The summed E-state index contributed by atoms with van der Waals surface area (Å²) in [6.07, 6.45) is -2.56. The van der Waals surface area contributed by atoms with Crippen molar-refractivity contribution in [3.05, 3.63) is 100 Å². The van der Waals surface area contributed by atoms with Crippen molar-refractivity contribution in [2.75, 3.05) is 7.05 Å². The number of amides is 1. The fourth-order valence-corrected chi connectivity index (χ4v) is 3.70. The molecule has 2 atom stereocenters. The van der Waals surface area contributed by atoms with Crippen LogP contribution in [0.25, 0.3) is 0 Å². The van der Waals surface area contributed by atoms with E-state index in [0.717, 1.165) is 11.6 Å². The van der Waals surface area contributed by atoms with Crippen LogP contribution in [0.4, 0.5) is 17.6 Å². The quantitative estimate of drug-likeness (QED) is 0.433. The molecule has 0 bridgehead atoms. The van der Waals surface area contributed by atoms with E-state index >= 15 is 0 Å². The molecule has 3 aromatic rings. The monoisotopic (exact) mass is 484 g/mol. The standard InChI is InChI=1S/C26H24F4N4O/c1-16-13-20(9-10-21(16)27)22(11-5-18-6-12-23(33-15-18)26(28,29)30)34-24(25(35)32-2)19-7-3-17(14-31)4-8-19/h3-4,6-10,12-13,15,22,24,34H,5,11H2,1-2H3,(H,32,35)/t22-,24-/m0/s1. The first kappa shape index (κ1) is 25.8. The molecule has 5 nitrogen and oxygen atoms in total. The average molecular weight is 484 g/mol. The van der Waals surface area contributed by atoms with E-state index in [1.54, 1.807) is 43.3 Å². The second kappa shape index (κ2) is 11.1. The van der Waals surface area contributed by atoms with Crippen molar-refractivity contribution in [1.82, 2.24) is 15.6 Å². The zero-order chi connectivity index (χ0) is 25.6. The molecule has 0 unspecified atom stereocenters. The summed E-state index contributed by atoms with van der Waals surface area (Å²) in [6, 6.07) is 14.3. The highest BCUT2D eigenvalue weighted by Gasteiger charge is 2.32. The molecule has 0 aliphatic carbocycles. The van der Waals surface area contributed by atoms with Gasteiger partial charge in [-0.2, -0.15) is 18.4 Å². The SMILES string of the molecule is CNC(=O)[C@@H](N[C@@H](CCc1ccc(C(F)(F)F)nc1)c1ccc(F)c(C)c1)c1ccc(C#N)cc1. The lowest BCUT2D eigenvalue weighted by Crippen LogP contribution is -2.38. The average Bonchev–Trinajstić information content (AvgIpc) is 2.85. The van der Waals surface area contributed by atoms with Crippen molar-refractivity contribution in [2.45, 2.75) is 38.0 Å². The van der Waals surface area contributed by atoms with Gasteiger partial charge in [-0.25, -0.2) is 4.39 Å². The lowest BCUT2D eigenvalue weighted by molar-refractivity contribution is -0.141. The first-order valence-electron chi connectivity index (χ1n) is 10.9. The molecule has 3 rings (SSSR count). The molecule has 0 saturated carbocycles. The largest absolute Gasteiger partial charge is 0.433 e. The number of halogens is 4. The molecule has 1 heterocycles. The number of likely N-dealkylation sites (N-methyl/N-ethyl adjacent to an activating group) is 1. The molecule has 1 amide bonds. The van der Waals surface area contributed by atoms with Crippen LogP contribution in [0.1, 0.15) is 52.0 Å². The minimum atomic E-state index is -4.52. The van der Waals surface area contributed by atoms with Gasteiger partial charge < -0.3 is 5.32 Å². The molecule has 9 heteroatoms. The smallest absolute Gasteiger partial charge is 0.358 e. The van der Waals surface area contributed by atoms with Gasteiger partial charge in [0.15, 0.2) is 0 Å². The number of nitrogens with one attached hydrogen (secondary N) is 2. The fraction of sp³-hybridized carbons (Fsp3) is 0.269. The number of pyridine rings is 1. The Morgan fingerprint density at radius 1 is 1.09 bits per heavy atom. The van der Waals surface area contributed by atoms with Gasteiger partial charge in [-0.05, 0) is 66.3 Å². The highest BCUT2D eigenvalue weighted by molar-refractivity contribution is 5.83. The molecular formula is C26H24F4N4O. The Hall–Kier alpha value is -3.77. The minimum Gasteiger partial charge on any atom is -0.358 e. The Balaban J connectivity index is 1.89. The maximum absolute atomic E-state index is 13.9. The van der Waals surface area contributed by atoms with Crippen LogP contribution in [-0.2, 0) is 17.4 Å². The van der Waals surface area contributed by atoms with Crippen molar-refractivity contribution in [3.8, 4) is 6.07 Å². The number of nitrogens with zero attached hydrogens (tertiary/aromatic N) is 2. The maximum atomic E-state index is 13.9. The van der Waals surface area contributed by atoms with Crippen LogP contribution in [0.5, 0.6) is 0 Å². The number of aromatic nitrogens is 1. The third kappa shape index (κ3) is 6.64. The topological polar surface area (TPSA) is 77.8 Å². The van der Waals surface area contributed by atoms with Crippen LogP contribution < -0.4 is 10.6 Å². The molecule has 2 aromatic carbocycles. The first-order chi connectivity index (χ1) is 16.6. The zero-order valence-corrected chi connectivity index (χ0v) is 19.2. The number of hydrogen-bond donors (Lipinski definition) is 2. The maximum Gasteiger partial charge on any atom is 0.433 e. The summed E-state index contributed by atoms with van der Waals surface area (Å²) in [7, 11) is 1.51. The Bertz CT molecular complexity index is 1200. The number of hydrogen-bond acceptors (Lipinski definition) is 4. The number of carbonyl (C=O) groups is 1. The van der Waals surface area contributed by atoms with Crippen LogP contribution >= 0.6 is 0 Å². The van der Waals surface area contributed by atoms with Crippen molar-refractivity contribution in [2.24, 2.45) is 0 Å². The molecule has 0 radical (unpaired) electrons. The van der Waals surface area contributed by atoms with Gasteiger partial charge in [0.2, 0.25) is 5.91 Å². The van der Waals surface area contributed by atoms with E-state index in [-0.39, 0.29) is 11.7 Å². The van der Waals surface area contributed by atoms with Crippen molar-refractivity contribution >= 4 is 5.91 Å². The summed E-state index contributed by atoms with van der Waals surface area (Å²) in [6.45, 7) is 1.63. The van der Waals surface area contributed by atoms with Gasteiger partial charge in [-0.3, -0.25) is 15.1 Å². The van der Waals surface area contributed by atoms with E-state index in [1.807, 2.05) is 6.07 Å². The van der Waals surface area contributed by atoms with E-state index in [2.05, 4.69) is 15.6 Å². The molecule has 2 N–H and O–H groups in total. The Morgan fingerprint density at radius 2 is 1.77 bits per heavy atom. The van der Waals surface area contributed by atoms with Gasteiger partial charge in [0, 0.05) is 19.3 Å². The summed E-state index contributed by atoms with van der Waals surface area (Å²) < 4.78 is 52.4. The lowest BCUT2D eigenvalue weighted by Gasteiger charge is -2.26. The van der Waals surface area contributed by atoms with E-state index in [4.69, 9.17) is 5.26 Å². The summed E-state index contributed by atoms with van der Waals surface area (Å²) >= 11 is 0. The number of alkyl halides is 3. The Morgan fingerprint density at radius 3 is 2.31 bits per heavy atom. The number of benzene rings is 2. The molecule has 35 heavy (non-hydrogen) atoms. The van der Waals surface area contributed by atoms with Gasteiger partial charge >= 0.3 is 6.18 Å². The van der Waals surface area contributed by atoms with Crippen molar-refractivity contribution in [3.63, 3.8) is 0 Å². The molecule has 0 aliphatic heterocycles. The normalized spacial score (nSPS) is 13.1. The molecule has 182 valence electrons. The van der Waals surface area contributed by atoms with Crippen molar-refractivity contribution in [1.29, 1.82) is 5.26 Å². The lowest BCUT2D eigenvalue weighted by atomic mass is 9.95. The van der Waals surface area contributed by atoms with Crippen molar-refractivity contribution < 1.29 is 22.4 Å². The molecule has 0 fully saturated rings. The second-order valence-electron chi connectivity index (χ2n) is 8.10. The molecular weight excluding hydrogens is 460 g/mol. The van der Waals surface area contributed by atoms with Crippen LogP contribution in [-0.4, -0.2) is 17.9 Å². The van der Waals surface area contributed by atoms with Gasteiger partial charge in [0.05, 0.1) is 11.6 Å². The molecule has 0 saturated heterocycles. The van der Waals surface area contributed by atoms with Crippen LogP contribution in [0.3, 0.4) is 0 Å². The molecule has 0 aliphatic rings. The minimum absolute atomic E-state index is 0.310. The first-order valence-corrected chi connectivity index (χ1v) is 10.9. The predicted octanol–water partition coefficient (Wildman–Crippen LogP) is 5.17. The summed E-state index contributed by atoms with van der Waals surface area (Å²) in [5.74, 6) is -0.677. The number of rotatable bonds is 8. The van der Waals surface area contributed by atoms with Gasteiger partial charge in [-0.1, -0.05) is 30.3 Å². The highest BCUT2D eigenvalue weighted by Crippen LogP contribution is 2.29. The fourth-order valence-electron chi connectivity index (χ4n) is 3.70. The zero-order valence-electron chi connectivity index (χ0n) is 19.2.